The molecule has 3 aliphatic rings. The lowest BCUT2D eigenvalue weighted by Crippen LogP contribution is -2.49. The van der Waals surface area contributed by atoms with Crippen molar-refractivity contribution in [3.8, 4) is 17.3 Å². The van der Waals surface area contributed by atoms with Gasteiger partial charge in [0.05, 0.1) is 35.6 Å². The SMILES string of the molecule is CC1(C)OC[C@@H](COc2ncc(C3CC4CN3c3ccc(-c5cccc(C(F)(F)F)c5)nc3N4C(N)=O)cn2)O1. The largest absolute Gasteiger partial charge is 0.461 e. The Labute approximate surface area is 227 Å². The molecule has 1 aromatic carbocycles. The Hall–Kier alpha value is -3.97. The number of halogens is 3. The van der Waals surface area contributed by atoms with Crippen molar-refractivity contribution in [2.24, 2.45) is 5.73 Å². The van der Waals surface area contributed by atoms with E-state index in [0.29, 0.717) is 36.8 Å². The lowest BCUT2D eigenvalue weighted by molar-refractivity contribution is -0.141. The smallest absolute Gasteiger partial charge is 0.416 e. The van der Waals surface area contributed by atoms with Crippen LogP contribution in [0.15, 0.2) is 48.8 Å². The second-order valence-electron chi connectivity index (χ2n) is 10.4. The van der Waals surface area contributed by atoms with E-state index >= 15 is 0 Å². The first-order valence-corrected chi connectivity index (χ1v) is 12.8. The van der Waals surface area contributed by atoms with Gasteiger partial charge in [0, 0.05) is 30.1 Å². The number of nitrogens with zero attached hydrogens (tertiary/aromatic N) is 5. The van der Waals surface area contributed by atoms with E-state index in [-0.39, 0.29) is 36.4 Å². The molecule has 2 unspecified atom stereocenters. The first-order chi connectivity index (χ1) is 19.0. The van der Waals surface area contributed by atoms with E-state index in [4.69, 9.17) is 19.9 Å². The molecule has 5 heterocycles. The summed E-state index contributed by atoms with van der Waals surface area (Å²) in [6.07, 6.45) is -0.794. The number of ether oxygens (including phenoxy) is 3. The van der Waals surface area contributed by atoms with Crippen LogP contribution in [0.25, 0.3) is 11.3 Å². The van der Waals surface area contributed by atoms with Crippen molar-refractivity contribution in [3.05, 3.63) is 59.9 Å². The van der Waals surface area contributed by atoms with Crippen LogP contribution in [0.5, 0.6) is 6.01 Å². The number of amides is 2. The highest BCUT2D eigenvalue weighted by Gasteiger charge is 2.45. The van der Waals surface area contributed by atoms with Crippen molar-refractivity contribution in [2.45, 2.75) is 50.4 Å². The normalized spacial score (nSPS) is 23.3. The number of hydrogen-bond donors (Lipinski definition) is 1. The standard InChI is InChI=1S/C27H27F3N6O4/c1-26(2)39-14-19(40-26)13-38-25-32-10-16(11-33-25)22-9-18-12-35(22)21-7-6-20(34-23(21)36(18)24(31)37)15-4-3-5-17(8-15)27(28,29)30/h3-8,10-11,18-19,22H,9,12-14H2,1-2H3,(H2,31,37)/t18?,19-,22?/m1/s1. The zero-order valence-electron chi connectivity index (χ0n) is 21.8. The molecule has 13 heteroatoms. The molecule has 2 saturated heterocycles. The summed E-state index contributed by atoms with van der Waals surface area (Å²) in [4.78, 5) is 29.4. The number of carbonyl (C=O) groups excluding carboxylic acids is 1. The minimum atomic E-state index is -4.49. The fraction of sp³-hybridized carbons (Fsp3) is 0.407. The van der Waals surface area contributed by atoms with Crippen molar-refractivity contribution in [3.63, 3.8) is 0 Å². The quantitative estimate of drug-likeness (QED) is 0.495. The van der Waals surface area contributed by atoms with Gasteiger partial charge in [0.15, 0.2) is 11.6 Å². The average Bonchev–Trinajstić information content (AvgIpc) is 3.47. The van der Waals surface area contributed by atoms with E-state index in [1.807, 2.05) is 13.8 Å². The van der Waals surface area contributed by atoms with Gasteiger partial charge in [-0.05, 0) is 44.5 Å². The summed E-state index contributed by atoms with van der Waals surface area (Å²) < 4.78 is 56.8. The van der Waals surface area contributed by atoms with E-state index in [2.05, 4.69) is 19.9 Å². The second kappa shape index (κ2) is 9.59. The van der Waals surface area contributed by atoms with Crippen LogP contribution in [-0.2, 0) is 15.7 Å². The molecule has 2 amide bonds. The van der Waals surface area contributed by atoms with Gasteiger partial charge in [0.2, 0.25) is 0 Å². The molecular formula is C27H27F3N6O4. The highest BCUT2D eigenvalue weighted by Crippen LogP contribution is 2.47. The maximum atomic E-state index is 13.3. The van der Waals surface area contributed by atoms with E-state index in [1.165, 1.54) is 11.0 Å². The number of pyridine rings is 1. The Morgan fingerprint density at radius 2 is 1.98 bits per heavy atom. The molecule has 3 atom stereocenters. The van der Waals surface area contributed by atoms with Crippen molar-refractivity contribution < 1.29 is 32.2 Å². The molecule has 2 N–H and O–H groups in total. The Morgan fingerprint density at radius 3 is 2.65 bits per heavy atom. The Balaban J connectivity index is 1.24. The molecule has 0 aliphatic carbocycles. The summed E-state index contributed by atoms with van der Waals surface area (Å²) in [6.45, 7) is 4.86. The van der Waals surface area contributed by atoms with Crippen molar-refractivity contribution in [1.29, 1.82) is 0 Å². The van der Waals surface area contributed by atoms with E-state index in [9.17, 15) is 18.0 Å². The van der Waals surface area contributed by atoms with E-state index < -0.39 is 23.6 Å². The monoisotopic (exact) mass is 556 g/mol. The summed E-state index contributed by atoms with van der Waals surface area (Å²) in [5, 5.41) is 0. The number of urea groups is 1. The number of hydrogen-bond acceptors (Lipinski definition) is 8. The summed E-state index contributed by atoms with van der Waals surface area (Å²) >= 11 is 0. The first-order valence-electron chi connectivity index (χ1n) is 12.8. The predicted octanol–water partition coefficient (Wildman–Crippen LogP) is 4.31. The van der Waals surface area contributed by atoms with Gasteiger partial charge in [-0.15, -0.1) is 0 Å². The number of rotatable bonds is 5. The Bertz CT molecular complexity index is 1430. The number of benzene rings is 1. The van der Waals surface area contributed by atoms with Gasteiger partial charge in [-0.2, -0.15) is 13.2 Å². The van der Waals surface area contributed by atoms with Gasteiger partial charge >= 0.3 is 18.2 Å². The molecule has 210 valence electrons. The molecule has 10 nitrogen and oxygen atoms in total. The molecule has 2 aromatic heterocycles. The number of primary amides is 1. The molecule has 3 aliphatic heterocycles. The van der Waals surface area contributed by atoms with Crippen LogP contribution < -0.4 is 20.3 Å². The van der Waals surface area contributed by atoms with Gasteiger partial charge < -0.3 is 24.8 Å². The van der Waals surface area contributed by atoms with Crippen LogP contribution in [-0.4, -0.2) is 58.7 Å². The summed E-state index contributed by atoms with van der Waals surface area (Å²) in [5.74, 6) is -0.339. The first kappa shape index (κ1) is 26.3. The zero-order valence-corrected chi connectivity index (χ0v) is 21.8. The molecule has 40 heavy (non-hydrogen) atoms. The summed E-state index contributed by atoms with van der Waals surface area (Å²) in [6, 6.07) is 7.40. The van der Waals surface area contributed by atoms with Crippen molar-refractivity contribution >= 4 is 17.5 Å². The highest BCUT2D eigenvalue weighted by molar-refractivity contribution is 5.96. The number of carbonyl (C=O) groups is 1. The summed E-state index contributed by atoms with van der Waals surface area (Å²) in [7, 11) is 0. The Morgan fingerprint density at radius 1 is 1.20 bits per heavy atom. The van der Waals surface area contributed by atoms with Crippen LogP contribution >= 0.6 is 0 Å². The van der Waals surface area contributed by atoms with Crippen LogP contribution in [0, 0.1) is 0 Å². The lowest BCUT2D eigenvalue weighted by Gasteiger charge is -2.36. The van der Waals surface area contributed by atoms with Crippen LogP contribution in [0.3, 0.4) is 0 Å². The number of alkyl halides is 3. The van der Waals surface area contributed by atoms with Crippen LogP contribution in [0.1, 0.15) is 37.4 Å². The van der Waals surface area contributed by atoms with Crippen LogP contribution in [0.4, 0.5) is 29.5 Å². The topological polar surface area (TPSA) is 116 Å². The van der Waals surface area contributed by atoms with Gasteiger partial charge in [0.1, 0.15) is 12.7 Å². The molecule has 0 spiro atoms. The molecule has 2 bridgehead atoms. The van der Waals surface area contributed by atoms with Gasteiger partial charge in [-0.1, -0.05) is 12.1 Å². The number of anilines is 2. The molecule has 6 rings (SSSR count). The second-order valence-corrected chi connectivity index (χ2v) is 10.4. The molecule has 0 radical (unpaired) electrons. The fourth-order valence-electron chi connectivity index (χ4n) is 5.48. The Kier molecular flexibility index (Phi) is 6.30. The third kappa shape index (κ3) is 4.90. The number of fused-ring (bicyclic) bond motifs is 4. The minimum absolute atomic E-state index is 0.171. The van der Waals surface area contributed by atoms with Gasteiger partial charge in [0.25, 0.3) is 0 Å². The molecular weight excluding hydrogens is 529 g/mol. The maximum absolute atomic E-state index is 13.3. The third-order valence-electron chi connectivity index (χ3n) is 7.26. The van der Waals surface area contributed by atoms with Crippen molar-refractivity contribution in [2.75, 3.05) is 29.6 Å². The summed E-state index contributed by atoms with van der Waals surface area (Å²) in [5.41, 5.74) is 7.04. The van der Waals surface area contributed by atoms with E-state index in [1.54, 1.807) is 30.6 Å². The van der Waals surface area contributed by atoms with Crippen molar-refractivity contribution in [1.82, 2.24) is 15.0 Å². The molecule has 3 aromatic rings. The predicted molar refractivity (Wildman–Crippen MR) is 138 cm³/mol. The highest BCUT2D eigenvalue weighted by atomic mass is 19.4. The average molecular weight is 557 g/mol. The van der Waals surface area contributed by atoms with E-state index in [0.717, 1.165) is 17.7 Å². The third-order valence-corrected chi connectivity index (χ3v) is 7.26. The lowest BCUT2D eigenvalue weighted by atomic mass is 10.1. The fourth-order valence-corrected chi connectivity index (χ4v) is 5.48. The van der Waals surface area contributed by atoms with Gasteiger partial charge in [-0.3, -0.25) is 4.90 Å². The number of nitrogens with two attached hydrogens (primary N) is 1. The minimum Gasteiger partial charge on any atom is -0.461 e. The molecule has 0 saturated carbocycles. The number of aromatic nitrogens is 3. The zero-order chi connectivity index (χ0) is 28.2. The van der Waals surface area contributed by atoms with Crippen LogP contribution in [0.2, 0.25) is 0 Å². The van der Waals surface area contributed by atoms with Gasteiger partial charge in [-0.25, -0.2) is 19.7 Å². The molecule has 2 fully saturated rings. The maximum Gasteiger partial charge on any atom is 0.416 e.